The minimum Gasteiger partial charge on any atom is -0.495 e. The van der Waals surface area contributed by atoms with Crippen LogP contribution in [-0.2, 0) is 4.79 Å². The van der Waals surface area contributed by atoms with Gasteiger partial charge in [0.25, 0.3) is 0 Å². The van der Waals surface area contributed by atoms with Gasteiger partial charge in [0.1, 0.15) is 5.75 Å². The van der Waals surface area contributed by atoms with E-state index in [9.17, 15) is 4.79 Å². The topological polar surface area (TPSA) is 36.0 Å². The average Bonchev–Trinajstić information content (AvgIpc) is 2.74. The van der Waals surface area contributed by atoms with Crippen LogP contribution in [-0.4, -0.2) is 68.1 Å². The number of likely N-dealkylation sites (tertiary alicyclic amines) is 1. The molecule has 0 aromatic heterocycles. The van der Waals surface area contributed by atoms with Gasteiger partial charge in [-0.25, -0.2) is 0 Å². The maximum atomic E-state index is 13.0. The van der Waals surface area contributed by atoms with Crippen molar-refractivity contribution in [3.05, 3.63) is 24.3 Å². The summed E-state index contributed by atoms with van der Waals surface area (Å²) in [7, 11) is 1.73. The molecule has 1 saturated carbocycles. The number of ether oxygens (including phenoxy) is 1. The van der Waals surface area contributed by atoms with E-state index in [0.29, 0.717) is 18.5 Å². The van der Waals surface area contributed by atoms with Gasteiger partial charge in [0.15, 0.2) is 0 Å². The summed E-state index contributed by atoms with van der Waals surface area (Å²) in [5.74, 6) is 2.05. The van der Waals surface area contributed by atoms with Crippen LogP contribution in [0.2, 0.25) is 0 Å². The van der Waals surface area contributed by atoms with Crippen molar-refractivity contribution in [2.75, 3.05) is 51.3 Å². The Hall–Kier alpha value is -1.75. The maximum absolute atomic E-state index is 13.0. The van der Waals surface area contributed by atoms with Gasteiger partial charge in [-0.1, -0.05) is 25.0 Å². The molecule has 2 atom stereocenters. The van der Waals surface area contributed by atoms with Gasteiger partial charge in [0.05, 0.1) is 19.3 Å². The second-order valence-electron chi connectivity index (χ2n) is 8.28. The fourth-order valence-corrected chi connectivity index (χ4v) is 5.25. The first-order valence-electron chi connectivity index (χ1n) is 10.7. The third-order valence-electron chi connectivity index (χ3n) is 6.72. The number of hydrogen-bond donors (Lipinski definition) is 0. The zero-order valence-electron chi connectivity index (χ0n) is 16.6. The van der Waals surface area contributed by atoms with Crippen LogP contribution in [0.15, 0.2) is 24.3 Å². The van der Waals surface area contributed by atoms with Gasteiger partial charge < -0.3 is 14.5 Å². The van der Waals surface area contributed by atoms with Crippen molar-refractivity contribution in [2.24, 2.45) is 5.92 Å². The molecule has 2 aliphatic heterocycles. The summed E-state index contributed by atoms with van der Waals surface area (Å²) < 4.78 is 5.50. The number of carbonyl (C=O) groups is 1. The third-order valence-corrected chi connectivity index (χ3v) is 6.72. The number of benzene rings is 1. The van der Waals surface area contributed by atoms with E-state index < -0.39 is 0 Å². The highest BCUT2D eigenvalue weighted by molar-refractivity contribution is 5.79. The Morgan fingerprint density at radius 2 is 1.74 bits per heavy atom. The number of piperazine rings is 1. The number of rotatable bonds is 4. The molecule has 3 fully saturated rings. The van der Waals surface area contributed by atoms with Crippen molar-refractivity contribution in [3.63, 3.8) is 0 Å². The number of methoxy groups -OCH3 is 1. The van der Waals surface area contributed by atoms with Crippen LogP contribution in [0, 0.1) is 5.92 Å². The smallest absolute Gasteiger partial charge is 0.237 e. The molecule has 148 valence electrons. The van der Waals surface area contributed by atoms with Crippen molar-refractivity contribution in [1.82, 2.24) is 9.80 Å². The molecule has 0 N–H and O–H groups in total. The van der Waals surface area contributed by atoms with Crippen molar-refractivity contribution < 1.29 is 9.53 Å². The van der Waals surface area contributed by atoms with E-state index in [1.807, 2.05) is 12.1 Å². The van der Waals surface area contributed by atoms with E-state index in [1.54, 1.807) is 7.11 Å². The highest BCUT2D eigenvalue weighted by Crippen LogP contribution is 2.35. The van der Waals surface area contributed by atoms with Gasteiger partial charge in [-0.15, -0.1) is 0 Å². The fraction of sp³-hybridized carbons (Fsp3) is 0.682. The largest absolute Gasteiger partial charge is 0.495 e. The van der Waals surface area contributed by atoms with Gasteiger partial charge >= 0.3 is 0 Å². The lowest BCUT2D eigenvalue weighted by atomic mass is 9.78. The highest BCUT2D eigenvalue weighted by Gasteiger charge is 2.36. The van der Waals surface area contributed by atoms with Gasteiger partial charge in [0.2, 0.25) is 5.91 Å². The summed E-state index contributed by atoms with van der Waals surface area (Å²) in [4.78, 5) is 20.0. The van der Waals surface area contributed by atoms with Crippen molar-refractivity contribution in [2.45, 2.75) is 44.6 Å². The van der Waals surface area contributed by atoms with E-state index >= 15 is 0 Å². The van der Waals surface area contributed by atoms with E-state index in [4.69, 9.17) is 4.74 Å². The summed E-state index contributed by atoms with van der Waals surface area (Å²) in [6, 6.07) is 8.73. The summed E-state index contributed by atoms with van der Waals surface area (Å²) in [5, 5.41) is 0. The maximum Gasteiger partial charge on any atom is 0.237 e. The number of fused-ring (bicyclic) bond motifs is 1. The predicted molar refractivity (Wildman–Crippen MR) is 108 cm³/mol. The lowest BCUT2D eigenvalue weighted by Gasteiger charge is -2.45. The molecular weight excluding hydrogens is 338 g/mol. The standard InChI is InChI=1S/C22H33N3O2/c1-27-21-11-5-4-10-20(21)24-15-13-23(14-16-24)17-22(26)25-12-6-8-18-7-2-3-9-19(18)25/h4-5,10-11,18-19H,2-3,6-9,12-17H2,1H3/t18-,19+/m0/s1. The quantitative estimate of drug-likeness (QED) is 0.815. The molecule has 4 rings (SSSR count). The molecule has 1 amide bonds. The summed E-state index contributed by atoms with van der Waals surface area (Å²) in [6.07, 6.45) is 7.71. The molecule has 0 bridgehead atoms. The van der Waals surface area contributed by atoms with Gasteiger partial charge in [-0.2, -0.15) is 0 Å². The predicted octanol–water partition coefficient (Wildman–Crippen LogP) is 3.00. The lowest BCUT2D eigenvalue weighted by Crippen LogP contribution is -2.54. The van der Waals surface area contributed by atoms with Gasteiger partial charge in [0, 0.05) is 38.8 Å². The minimum absolute atomic E-state index is 0.359. The van der Waals surface area contributed by atoms with Crippen LogP contribution >= 0.6 is 0 Å². The molecule has 2 heterocycles. The zero-order valence-corrected chi connectivity index (χ0v) is 16.6. The molecule has 27 heavy (non-hydrogen) atoms. The van der Waals surface area contributed by atoms with Crippen LogP contribution < -0.4 is 9.64 Å². The van der Waals surface area contributed by atoms with Crippen molar-refractivity contribution in [1.29, 1.82) is 0 Å². The average molecular weight is 372 g/mol. The SMILES string of the molecule is COc1ccccc1N1CCN(CC(=O)N2CCC[C@@H]3CCCC[C@H]32)CC1. The Morgan fingerprint density at radius 1 is 1.00 bits per heavy atom. The first-order chi connectivity index (χ1) is 13.3. The summed E-state index contributed by atoms with van der Waals surface area (Å²) in [6.45, 7) is 5.32. The van der Waals surface area contributed by atoms with E-state index in [-0.39, 0.29) is 0 Å². The Kier molecular flexibility index (Phi) is 5.86. The van der Waals surface area contributed by atoms with Gasteiger partial charge in [-0.05, 0) is 43.7 Å². The van der Waals surface area contributed by atoms with Crippen LogP contribution in [0.5, 0.6) is 5.75 Å². The molecular formula is C22H33N3O2. The van der Waals surface area contributed by atoms with Crippen molar-refractivity contribution >= 4 is 11.6 Å². The normalized spacial score (nSPS) is 26.6. The number of amides is 1. The van der Waals surface area contributed by atoms with E-state index in [1.165, 1.54) is 38.5 Å². The molecule has 5 nitrogen and oxygen atoms in total. The number of para-hydroxylation sites is 2. The summed E-state index contributed by atoms with van der Waals surface area (Å²) >= 11 is 0. The minimum atomic E-state index is 0.359. The Labute approximate surface area is 163 Å². The van der Waals surface area contributed by atoms with Crippen LogP contribution in [0.25, 0.3) is 0 Å². The zero-order chi connectivity index (χ0) is 18.6. The molecule has 0 radical (unpaired) electrons. The second kappa shape index (κ2) is 8.51. The molecule has 3 aliphatic rings. The highest BCUT2D eigenvalue weighted by atomic mass is 16.5. The molecule has 0 spiro atoms. The van der Waals surface area contributed by atoms with Crippen molar-refractivity contribution in [3.8, 4) is 5.75 Å². The summed E-state index contributed by atoms with van der Waals surface area (Å²) in [5.41, 5.74) is 1.16. The number of nitrogens with zero attached hydrogens (tertiary/aromatic N) is 3. The Bertz CT molecular complexity index is 640. The van der Waals surface area contributed by atoms with E-state index in [0.717, 1.165) is 50.1 Å². The monoisotopic (exact) mass is 371 g/mol. The molecule has 0 unspecified atom stereocenters. The number of carbonyl (C=O) groups excluding carboxylic acids is 1. The molecule has 1 aromatic rings. The Balaban J connectivity index is 1.32. The molecule has 1 aromatic carbocycles. The van der Waals surface area contributed by atoms with Crippen LogP contribution in [0.3, 0.4) is 0 Å². The van der Waals surface area contributed by atoms with E-state index in [2.05, 4.69) is 26.8 Å². The molecule has 5 heteroatoms. The first kappa shape index (κ1) is 18.6. The third kappa shape index (κ3) is 4.08. The second-order valence-corrected chi connectivity index (χ2v) is 8.28. The Morgan fingerprint density at radius 3 is 2.56 bits per heavy atom. The first-order valence-corrected chi connectivity index (χ1v) is 10.7. The number of hydrogen-bond acceptors (Lipinski definition) is 4. The van der Waals surface area contributed by atoms with Gasteiger partial charge in [-0.3, -0.25) is 9.69 Å². The molecule has 2 saturated heterocycles. The number of anilines is 1. The molecule has 1 aliphatic carbocycles. The van der Waals surface area contributed by atoms with Crippen LogP contribution in [0.1, 0.15) is 38.5 Å². The van der Waals surface area contributed by atoms with Crippen LogP contribution in [0.4, 0.5) is 5.69 Å². The lowest BCUT2D eigenvalue weighted by molar-refractivity contribution is -0.138. The fourth-order valence-electron chi connectivity index (χ4n) is 5.25. The number of piperidine rings is 1.